The molecule has 2 N–H and O–H groups in total. The fourth-order valence-corrected chi connectivity index (χ4v) is 3.11. The summed E-state index contributed by atoms with van der Waals surface area (Å²) in [7, 11) is 0. The Balaban J connectivity index is 2.08. The zero-order valence-corrected chi connectivity index (χ0v) is 15.8. The second kappa shape index (κ2) is 8.28. The van der Waals surface area contributed by atoms with Crippen molar-refractivity contribution in [2.45, 2.75) is 52.6 Å². The van der Waals surface area contributed by atoms with Crippen LogP contribution in [0.1, 0.15) is 45.6 Å². The normalized spacial score (nSPS) is 13.4. The first kappa shape index (κ1) is 18.3. The number of carbonyl (C=O) groups excluding carboxylic acids is 1. The van der Waals surface area contributed by atoms with Crippen molar-refractivity contribution in [1.82, 2.24) is 10.3 Å². The van der Waals surface area contributed by atoms with Gasteiger partial charge in [0, 0.05) is 35.3 Å². The standard InChI is InChI=1S/C22H27N3O/c1-4-8-21(26)24-17-10-7-11-18-19-12-6-9-16(14-23-15(3)5-2)22(19)25-20(18)13-17/h6-7,9-13,15,23,25H,4-5,8,14H2,1-3H3. The number of carbonyl (C=O) groups is 1. The number of benzene rings is 1. The molecule has 136 valence electrons. The SMILES string of the molecule is CCCC(=O)N=c1cccc2c(c1)[nH]c1c(CNC(C)CC)cccc12. The van der Waals surface area contributed by atoms with Crippen LogP contribution in [0.4, 0.5) is 0 Å². The maximum absolute atomic E-state index is 11.9. The number of nitrogens with zero attached hydrogens (tertiary/aromatic N) is 1. The Morgan fingerprint density at radius 2 is 1.92 bits per heavy atom. The maximum Gasteiger partial charge on any atom is 0.246 e. The van der Waals surface area contributed by atoms with Crippen LogP contribution in [-0.2, 0) is 11.3 Å². The summed E-state index contributed by atoms with van der Waals surface area (Å²) in [4.78, 5) is 19.6. The van der Waals surface area contributed by atoms with Crippen LogP contribution in [0.3, 0.4) is 0 Å². The van der Waals surface area contributed by atoms with E-state index in [0.717, 1.165) is 35.8 Å². The first-order chi connectivity index (χ1) is 12.6. The van der Waals surface area contributed by atoms with Gasteiger partial charge in [-0.15, -0.1) is 0 Å². The van der Waals surface area contributed by atoms with E-state index in [0.29, 0.717) is 17.8 Å². The summed E-state index contributed by atoms with van der Waals surface area (Å²) in [5.74, 6) is -0.0681. The van der Waals surface area contributed by atoms with Gasteiger partial charge in [-0.1, -0.05) is 44.2 Å². The molecule has 0 saturated carbocycles. The Morgan fingerprint density at radius 3 is 2.69 bits per heavy atom. The number of fused-ring (bicyclic) bond motifs is 3. The van der Waals surface area contributed by atoms with E-state index in [-0.39, 0.29) is 5.91 Å². The summed E-state index contributed by atoms with van der Waals surface area (Å²) in [6.45, 7) is 7.21. The molecule has 0 bridgehead atoms. The predicted molar refractivity (Wildman–Crippen MR) is 108 cm³/mol. The van der Waals surface area contributed by atoms with Gasteiger partial charge in [0.15, 0.2) is 0 Å². The number of amides is 1. The molecular weight excluding hydrogens is 322 g/mol. The minimum absolute atomic E-state index is 0.0681. The van der Waals surface area contributed by atoms with Crippen LogP contribution in [0.5, 0.6) is 0 Å². The van der Waals surface area contributed by atoms with E-state index in [4.69, 9.17) is 0 Å². The minimum atomic E-state index is -0.0681. The van der Waals surface area contributed by atoms with Crippen molar-refractivity contribution < 1.29 is 4.79 Å². The lowest BCUT2D eigenvalue weighted by Crippen LogP contribution is -2.24. The Hall–Kier alpha value is -2.46. The number of hydrogen-bond acceptors (Lipinski definition) is 2. The van der Waals surface area contributed by atoms with Gasteiger partial charge in [-0.2, -0.15) is 0 Å². The molecular formula is C22H27N3O. The molecule has 1 atom stereocenters. The molecule has 26 heavy (non-hydrogen) atoms. The van der Waals surface area contributed by atoms with Gasteiger partial charge in [-0.05, 0) is 37.5 Å². The monoisotopic (exact) mass is 349 g/mol. The number of H-pyrrole nitrogens is 1. The largest absolute Gasteiger partial charge is 0.354 e. The van der Waals surface area contributed by atoms with Crippen LogP contribution in [0.2, 0.25) is 0 Å². The molecule has 4 heteroatoms. The van der Waals surface area contributed by atoms with E-state index >= 15 is 0 Å². The molecule has 2 aromatic carbocycles. The average molecular weight is 349 g/mol. The van der Waals surface area contributed by atoms with Crippen LogP contribution in [0, 0.1) is 0 Å². The van der Waals surface area contributed by atoms with Crippen molar-refractivity contribution in [3.05, 3.63) is 53.4 Å². The number of aromatic amines is 1. The molecule has 1 heterocycles. The Morgan fingerprint density at radius 1 is 1.15 bits per heavy atom. The third-order valence-corrected chi connectivity index (χ3v) is 4.78. The molecule has 0 saturated heterocycles. The lowest BCUT2D eigenvalue weighted by molar-refractivity contribution is -0.118. The summed E-state index contributed by atoms with van der Waals surface area (Å²) in [5, 5.41) is 6.61. The number of hydrogen-bond donors (Lipinski definition) is 2. The van der Waals surface area contributed by atoms with Crippen molar-refractivity contribution in [2.75, 3.05) is 0 Å². The van der Waals surface area contributed by atoms with E-state index in [1.54, 1.807) is 0 Å². The molecule has 1 aromatic heterocycles. The first-order valence-electron chi connectivity index (χ1n) is 9.47. The van der Waals surface area contributed by atoms with Crippen LogP contribution < -0.4 is 10.7 Å². The van der Waals surface area contributed by atoms with Crippen LogP contribution in [0.15, 0.2) is 47.5 Å². The number of nitrogens with one attached hydrogen (secondary N) is 2. The fraction of sp³-hybridized carbons (Fsp3) is 0.364. The van der Waals surface area contributed by atoms with Crippen LogP contribution in [-0.4, -0.2) is 16.9 Å². The molecule has 0 spiro atoms. The van der Waals surface area contributed by atoms with Gasteiger partial charge in [-0.25, -0.2) is 4.99 Å². The van der Waals surface area contributed by atoms with Gasteiger partial charge in [0.05, 0.1) is 10.9 Å². The molecule has 3 aromatic rings. The highest BCUT2D eigenvalue weighted by Gasteiger charge is 2.08. The average Bonchev–Trinajstić information content (AvgIpc) is 2.85. The molecule has 4 nitrogen and oxygen atoms in total. The lowest BCUT2D eigenvalue weighted by atomic mass is 10.1. The topological polar surface area (TPSA) is 57.2 Å². The zero-order chi connectivity index (χ0) is 18.5. The molecule has 0 aliphatic rings. The van der Waals surface area contributed by atoms with E-state index in [9.17, 15) is 4.79 Å². The highest BCUT2D eigenvalue weighted by molar-refractivity contribution is 6.07. The van der Waals surface area contributed by atoms with Gasteiger partial charge in [0.1, 0.15) is 0 Å². The van der Waals surface area contributed by atoms with Gasteiger partial charge < -0.3 is 10.3 Å². The zero-order valence-electron chi connectivity index (χ0n) is 15.8. The van der Waals surface area contributed by atoms with Gasteiger partial charge in [-0.3, -0.25) is 4.79 Å². The maximum atomic E-state index is 11.9. The molecule has 0 fully saturated rings. The summed E-state index contributed by atoms with van der Waals surface area (Å²) < 4.78 is 0. The van der Waals surface area contributed by atoms with E-state index in [1.165, 1.54) is 10.9 Å². The summed E-state index contributed by atoms with van der Waals surface area (Å²) in [5.41, 5.74) is 3.40. The molecule has 0 aliphatic carbocycles. The summed E-state index contributed by atoms with van der Waals surface area (Å²) in [6, 6.07) is 14.8. The quantitative estimate of drug-likeness (QED) is 0.691. The molecule has 1 amide bonds. The van der Waals surface area contributed by atoms with Crippen molar-refractivity contribution in [2.24, 2.45) is 4.99 Å². The van der Waals surface area contributed by atoms with Crippen molar-refractivity contribution in [1.29, 1.82) is 0 Å². The minimum Gasteiger partial charge on any atom is -0.354 e. The van der Waals surface area contributed by atoms with Crippen LogP contribution >= 0.6 is 0 Å². The van der Waals surface area contributed by atoms with E-state index in [2.05, 4.69) is 53.4 Å². The summed E-state index contributed by atoms with van der Waals surface area (Å²) in [6.07, 6.45) is 2.41. The third-order valence-electron chi connectivity index (χ3n) is 4.78. The third kappa shape index (κ3) is 4.02. The highest BCUT2D eigenvalue weighted by atomic mass is 16.1. The number of aromatic nitrogens is 1. The summed E-state index contributed by atoms with van der Waals surface area (Å²) >= 11 is 0. The highest BCUT2D eigenvalue weighted by Crippen LogP contribution is 2.26. The van der Waals surface area contributed by atoms with E-state index < -0.39 is 0 Å². The lowest BCUT2D eigenvalue weighted by Gasteiger charge is -2.11. The van der Waals surface area contributed by atoms with Crippen molar-refractivity contribution in [3.8, 4) is 0 Å². The smallest absolute Gasteiger partial charge is 0.246 e. The van der Waals surface area contributed by atoms with Gasteiger partial charge in [0.2, 0.25) is 5.91 Å². The van der Waals surface area contributed by atoms with Gasteiger partial charge >= 0.3 is 0 Å². The Kier molecular flexibility index (Phi) is 5.84. The second-order valence-electron chi connectivity index (χ2n) is 6.83. The van der Waals surface area contributed by atoms with E-state index in [1.807, 2.05) is 25.1 Å². The number of rotatable bonds is 6. The first-order valence-corrected chi connectivity index (χ1v) is 9.47. The van der Waals surface area contributed by atoms with Crippen molar-refractivity contribution in [3.63, 3.8) is 0 Å². The van der Waals surface area contributed by atoms with Gasteiger partial charge in [0.25, 0.3) is 0 Å². The second-order valence-corrected chi connectivity index (χ2v) is 6.83. The van der Waals surface area contributed by atoms with Crippen molar-refractivity contribution >= 4 is 27.7 Å². The predicted octanol–water partition coefficient (Wildman–Crippen LogP) is 4.44. The molecule has 0 radical (unpaired) electrons. The molecule has 1 unspecified atom stereocenters. The molecule has 0 aliphatic heterocycles. The molecule has 3 rings (SSSR count). The Bertz CT molecular complexity index is 988. The Labute approximate surface area is 154 Å². The number of para-hydroxylation sites is 1. The van der Waals surface area contributed by atoms with Crippen LogP contribution in [0.25, 0.3) is 21.8 Å². The fourth-order valence-electron chi connectivity index (χ4n) is 3.11.